The maximum Gasteiger partial charge on any atom is 0.237 e. The van der Waals surface area contributed by atoms with Crippen LogP contribution in [0.5, 0.6) is 0 Å². The molecule has 100 valence electrons. The molecule has 1 aliphatic rings. The highest BCUT2D eigenvalue weighted by atomic mass is 35.5. The minimum atomic E-state index is -3.23. The molecule has 1 heterocycles. The van der Waals surface area contributed by atoms with Crippen LogP contribution in [0.25, 0.3) is 10.8 Å². The summed E-state index contributed by atoms with van der Waals surface area (Å²) in [4.78, 5) is 4.01. The number of nitrogens with zero attached hydrogens (tertiary/aromatic N) is 2. The molecule has 0 unspecified atom stereocenters. The maximum atomic E-state index is 12.2. The number of anilines is 1. The van der Waals surface area contributed by atoms with Gasteiger partial charge in [0.2, 0.25) is 10.0 Å². The number of sulfonamides is 1. The molecule has 4 nitrogen and oxygen atoms in total. The molecule has 1 aromatic heterocycles. The first kappa shape index (κ1) is 12.7. The van der Waals surface area contributed by atoms with E-state index in [1.54, 1.807) is 31.6 Å². The molecule has 1 aliphatic carbocycles. The van der Waals surface area contributed by atoms with Crippen molar-refractivity contribution in [2.45, 2.75) is 18.1 Å². The van der Waals surface area contributed by atoms with Crippen LogP contribution in [0.4, 0.5) is 5.69 Å². The summed E-state index contributed by atoms with van der Waals surface area (Å²) in [5, 5.41) is 2.01. The van der Waals surface area contributed by atoms with Crippen LogP contribution in [-0.2, 0) is 10.0 Å². The van der Waals surface area contributed by atoms with Gasteiger partial charge >= 0.3 is 0 Å². The van der Waals surface area contributed by atoms with Gasteiger partial charge in [-0.2, -0.15) is 0 Å². The van der Waals surface area contributed by atoms with Crippen LogP contribution in [0, 0.1) is 0 Å². The van der Waals surface area contributed by atoms with Gasteiger partial charge in [-0.1, -0.05) is 17.7 Å². The van der Waals surface area contributed by atoms with Crippen molar-refractivity contribution in [3.63, 3.8) is 0 Å². The third-order valence-electron chi connectivity index (χ3n) is 3.39. The van der Waals surface area contributed by atoms with Crippen LogP contribution < -0.4 is 4.31 Å². The summed E-state index contributed by atoms with van der Waals surface area (Å²) in [5.74, 6) is 0. The largest absolute Gasteiger partial charge is 0.273 e. The molecule has 0 spiro atoms. The molecule has 0 aliphatic heterocycles. The van der Waals surface area contributed by atoms with Crippen LogP contribution >= 0.6 is 11.6 Å². The van der Waals surface area contributed by atoms with Crippen molar-refractivity contribution in [2.24, 2.45) is 0 Å². The van der Waals surface area contributed by atoms with Gasteiger partial charge in [-0.25, -0.2) is 8.42 Å². The van der Waals surface area contributed by atoms with Crippen molar-refractivity contribution in [3.05, 3.63) is 35.6 Å². The fourth-order valence-corrected chi connectivity index (χ4v) is 3.85. The van der Waals surface area contributed by atoms with E-state index < -0.39 is 10.0 Å². The third-order valence-corrected chi connectivity index (χ3v) is 5.98. The van der Waals surface area contributed by atoms with Crippen LogP contribution in [0.3, 0.4) is 0 Å². The van der Waals surface area contributed by atoms with Crippen LogP contribution in [0.2, 0.25) is 5.02 Å². The number of benzene rings is 1. The molecule has 3 rings (SSSR count). The lowest BCUT2D eigenvalue weighted by Crippen LogP contribution is -2.29. The molecule has 6 heteroatoms. The molecular formula is C13H13ClN2O2S. The summed E-state index contributed by atoms with van der Waals surface area (Å²) in [7, 11) is -1.64. The minimum Gasteiger partial charge on any atom is -0.273 e. The molecule has 1 saturated carbocycles. The van der Waals surface area contributed by atoms with Crippen molar-refractivity contribution in [1.29, 1.82) is 0 Å². The van der Waals surface area contributed by atoms with Crippen molar-refractivity contribution < 1.29 is 8.42 Å². The molecule has 0 amide bonds. The number of aromatic nitrogens is 1. The van der Waals surface area contributed by atoms with Gasteiger partial charge in [0.25, 0.3) is 0 Å². The zero-order valence-electron chi connectivity index (χ0n) is 10.4. The predicted octanol–water partition coefficient (Wildman–Crippen LogP) is 2.82. The van der Waals surface area contributed by atoms with Gasteiger partial charge in [0.15, 0.2) is 0 Å². The van der Waals surface area contributed by atoms with E-state index in [9.17, 15) is 8.42 Å². The van der Waals surface area contributed by atoms with Gasteiger partial charge in [-0.05, 0) is 25.0 Å². The zero-order chi connectivity index (χ0) is 13.6. The standard InChI is InChI=1S/C13H13ClN2O2S/c1-16(19(17,18)11-4-5-11)10-3-2-9-7-15-8-13(14)12(9)6-10/h2-3,6-8,11H,4-5H2,1H3. The summed E-state index contributed by atoms with van der Waals surface area (Å²) in [6, 6.07) is 5.40. The van der Waals surface area contributed by atoms with E-state index in [1.807, 2.05) is 6.07 Å². The number of halogens is 1. The second-order valence-electron chi connectivity index (χ2n) is 4.74. The fraction of sp³-hybridized carbons (Fsp3) is 0.308. The minimum absolute atomic E-state index is 0.221. The number of rotatable bonds is 3. The summed E-state index contributed by atoms with van der Waals surface area (Å²) < 4.78 is 25.7. The first-order valence-electron chi connectivity index (χ1n) is 6.01. The summed E-state index contributed by atoms with van der Waals surface area (Å²) in [6.45, 7) is 0. The Bertz CT molecular complexity index is 741. The van der Waals surface area contributed by atoms with Crippen molar-refractivity contribution in [2.75, 3.05) is 11.4 Å². The monoisotopic (exact) mass is 296 g/mol. The number of hydrogen-bond donors (Lipinski definition) is 0. The maximum absolute atomic E-state index is 12.2. The number of pyridine rings is 1. The smallest absolute Gasteiger partial charge is 0.237 e. The zero-order valence-corrected chi connectivity index (χ0v) is 11.9. The van der Waals surface area contributed by atoms with Gasteiger partial charge < -0.3 is 0 Å². The second-order valence-corrected chi connectivity index (χ2v) is 7.39. The van der Waals surface area contributed by atoms with Gasteiger partial charge in [-0.15, -0.1) is 0 Å². The summed E-state index contributed by atoms with van der Waals surface area (Å²) in [5.41, 5.74) is 0.632. The molecule has 0 atom stereocenters. The third kappa shape index (κ3) is 2.17. The molecule has 0 bridgehead atoms. The van der Waals surface area contributed by atoms with E-state index >= 15 is 0 Å². The lowest BCUT2D eigenvalue weighted by atomic mass is 10.1. The van der Waals surface area contributed by atoms with E-state index in [0.717, 1.165) is 23.6 Å². The summed E-state index contributed by atoms with van der Waals surface area (Å²) >= 11 is 6.09. The van der Waals surface area contributed by atoms with Crippen molar-refractivity contribution in [1.82, 2.24) is 4.98 Å². The lowest BCUT2D eigenvalue weighted by Gasteiger charge is -2.19. The molecule has 19 heavy (non-hydrogen) atoms. The fourth-order valence-electron chi connectivity index (χ4n) is 2.05. The Morgan fingerprint density at radius 2 is 2.05 bits per heavy atom. The molecule has 1 fully saturated rings. The Labute approximate surface area is 117 Å². The highest BCUT2D eigenvalue weighted by Crippen LogP contribution is 2.34. The van der Waals surface area contributed by atoms with E-state index in [1.165, 1.54) is 4.31 Å². The first-order valence-corrected chi connectivity index (χ1v) is 7.89. The highest BCUT2D eigenvalue weighted by molar-refractivity contribution is 7.93. The van der Waals surface area contributed by atoms with Crippen molar-refractivity contribution in [3.8, 4) is 0 Å². The molecule has 0 saturated heterocycles. The topological polar surface area (TPSA) is 50.3 Å². The molecule has 2 aromatic rings. The quantitative estimate of drug-likeness (QED) is 0.875. The van der Waals surface area contributed by atoms with Crippen molar-refractivity contribution >= 4 is 38.1 Å². The Morgan fingerprint density at radius 1 is 1.32 bits per heavy atom. The molecule has 0 radical (unpaired) electrons. The Morgan fingerprint density at radius 3 is 2.74 bits per heavy atom. The predicted molar refractivity (Wildman–Crippen MR) is 77.1 cm³/mol. The Hall–Kier alpha value is -1.33. The van der Waals surface area contributed by atoms with Crippen LogP contribution in [0.15, 0.2) is 30.6 Å². The average Bonchev–Trinajstić information content (AvgIpc) is 3.22. The van der Waals surface area contributed by atoms with Crippen LogP contribution in [-0.4, -0.2) is 25.7 Å². The van der Waals surface area contributed by atoms with E-state index in [-0.39, 0.29) is 5.25 Å². The molecule has 1 aromatic carbocycles. The normalized spacial score (nSPS) is 15.7. The highest BCUT2D eigenvalue weighted by Gasteiger charge is 2.38. The summed E-state index contributed by atoms with van der Waals surface area (Å²) in [6.07, 6.45) is 4.78. The number of hydrogen-bond acceptors (Lipinski definition) is 3. The van der Waals surface area contributed by atoms with E-state index in [4.69, 9.17) is 11.6 Å². The SMILES string of the molecule is CN(c1ccc2cncc(Cl)c2c1)S(=O)(=O)C1CC1. The number of fused-ring (bicyclic) bond motifs is 1. The van der Waals surface area contributed by atoms with Gasteiger partial charge in [0, 0.05) is 30.2 Å². The Kier molecular flexibility index (Phi) is 2.91. The lowest BCUT2D eigenvalue weighted by molar-refractivity contribution is 0.593. The van der Waals surface area contributed by atoms with E-state index in [0.29, 0.717) is 10.7 Å². The molecule has 0 N–H and O–H groups in total. The van der Waals surface area contributed by atoms with Crippen LogP contribution in [0.1, 0.15) is 12.8 Å². The average molecular weight is 297 g/mol. The van der Waals surface area contributed by atoms with Gasteiger partial charge in [0.05, 0.1) is 16.0 Å². The van der Waals surface area contributed by atoms with E-state index in [2.05, 4.69) is 4.98 Å². The Balaban J connectivity index is 2.08. The van der Waals surface area contributed by atoms with Gasteiger partial charge in [0.1, 0.15) is 0 Å². The second kappa shape index (κ2) is 4.35. The molecular weight excluding hydrogens is 284 g/mol. The van der Waals surface area contributed by atoms with Gasteiger partial charge in [-0.3, -0.25) is 9.29 Å². The first-order chi connectivity index (χ1) is 9.00.